The molecule has 32 heavy (non-hydrogen) atoms. The highest BCUT2D eigenvalue weighted by Gasteiger charge is 2.27. The molecule has 0 atom stereocenters. The van der Waals surface area contributed by atoms with Gasteiger partial charge < -0.3 is 4.74 Å². The Labute approximate surface area is 192 Å². The monoisotopic (exact) mass is 471 g/mol. The molecule has 0 bridgehead atoms. The highest BCUT2D eigenvalue weighted by Crippen LogP contribution is 2.21. The topological polar surface area (TPSA) is 88.1 Å². The molecule has 0 aliphatic carbocycles. The van der Waals surface area contributed by atoms with Gasteiger partial charge in [-0.1, -0.05) is 60.1 Å². The largest absolute Gasteiger partial charge is 0.497 e. The minimum Gasteiger partial charge on any atom is -0.497 e. The lowest BCUT2D eigenvalue weighted by atomic mass is 10.2. The Morgan fingerprint density at radius 2 is 1.69 bits per heavy atom. The van der Waals surface area contributed by atoms with Crippen LogP contribution in [0.25, 0.3) is 0 Å². The van der Waals surface area contributed by atoms with Gasteiger partial charge in [-0.25, -0.2) is 13.8 Å². The Kier molecular flexibility index (Phi) is 7.99. The first-order valence-electron chi connectivity index (χ1n) is 9.64. The minimum atomic E-state index is -3.96. The third kappa shape index (κ3) is 6.16. The molecule has 0 aromatic heterocycles. The summed E-state index contributed by atoms with van der Waals surface area (Å²) in [4.78, 5) is 12.6. The van der Waals surface area contributed by atoms with E-state index in [0.717, 1.165) is 9.87 Å². The summed E-state index contributed by atoms with van der Waals surface area (Å²) in [6, 6.07) is 22.1. The van der Waals surface area contributed by atoms with E-state index in [-0.39, 0.29) is 11.4 Å². The number of benzene rings is 3. The fourth-order valence-electron chi connectivity index (χ4n) is 2.86. The molecule has 1 N–H and O–H groups in total. The number of ether oxygens (including phenoxy) is 1. The molecule has 3 rings (SSSR count). The van der Waals surface area contributed by atoms with Gasteiger partial charge in [0.05, 0.1) is 24.8 Å². The molecule has 0 spiro atoms. The first-order chi connectivity index (χ1) is 15.4. The molecule has 0 heterocycles. The first-order valence-corrected chi connectivity index (χ1v) is 11.5. The fraction of sp³-hybridized carbons (Fsp3) is 0.130. The number of nitrogens with zero attached hydrogens (tertiary/aromatic N) is 2. The molecule has 0 saturated carbocycles. The summed E-state index contributed by atoms with van der Waals surface area (Å²) >= 11 is 6.06. The third-order valence-corrected chi connectivity index (χ3v) is 6.67. The van der Waals surface area contributed by atoms with Crippen LogP contribution in [0.2, 0.25) is 5.02 Å². The van der Waals surface area contributed by atoms with E-state index in [1.54, 1.807) is 48.5 Å². The van der Waals surface area contributed by atoms with Crippen LogP contribution in [-0.2, 0) is 21.4 Å². The summed E-state index contributed by atoms with van der Waals surface area (Å²) in [7, 11) is -2.46. The predicted molar refractivity (Wildman–Crippen MR) is 124 cm³/mol. The van der Waals surface area contributed by atoms with E-state index in [1.807, 2.05) is 18.2 Å². The van der Waals surface area contributed by atoms with Gasteiger partial charge in [0, 0.05) is 17.1 Å². The van der Waals surface area contributed by atoms with Gasteiger partial charge in [0.1, 0.15) is 5.75 Å². The number of methoxy groups -OCH3 is 1. The van der Waals surface area contributed by atoms with Crippen LogP contribution < -0.4 is 10.2 Å². The van der Waals surface area contributed by atoms with Crippen molar-refractivity contribution in [1.82, 2.24) is 9.73 Å². The molecule has 0 saturated heterocycles. The van der Waals surface area contributed by atoms with Crippen molar-refractivity contribution < 1.29 is 17.9 Å². The van der Waals surface area contributed by atoms with Crippen LogP contribution in [-0.4, -0.2) is 38.5 Å². The maximum Gasteiger partial charge on any atom is 0.255 e. The summed E-state index contributed by atoms with van der Waals surface area (Å²) < 4.78 is 32.7. The summed E-state index contributed by atoms with van der Waals surface area (Å²) in [6.45, 7) is -0.389. The van der Waals surface area contributed by atoms with Gasteiger partial charge in [-0.2, -0.15) is 9.41 Å². The van der Waals surface area contributed by atoms with E-state index < -0.39 is 22.5 Å². The van der Waals surface area contributed by atoms with E-state index >= 15 is 0 Å². The molecule has 3 aromatic rings. The normalized spacial score (nSPS) is 11.6. The van der Waals surface area contributed by atoms with Crippen molar-refractivity contribution in [3.8, 4) is 5.75 Å². The summed E-state index contributed by atoms with van der Waals surface area (Å²) in [6.07, 6.45) is 1.40. The van der Waals surface area contributed by atoms with Crippen LogP contribution in [0.3, 0.4) is 0 Å². The number of carbonyl (C=O) groups is 1. The van der Waals surface area contributed by atoms with Crippen molar-refractivity contribution in [2.75, 3.05) is 13.7 Å². The molecule has 7 nitrogen and oxygen atoms in total. The number of nitrogens with one attached hydrogen (secondary N) is 1. The molecule has 166 valence electrons. The van der Waals surface area contributed by atoms with Crippen molar-refractivity contribution in [3.63, 3.8) is 0 Å². The van der Waals surface area contributed by atoms with Crippen LogP contribution in [0.15, 0.2) is 88.9 Å². The quantitative estimate of drug-likeness (QED) is 0.381. The summed E-state index contributed by atoms with van der Waals surface area (Å²) in [5.74, 6) is -0.0495. The van der Waals surface area contributed by atoms with Gasteiger partial charge in [-0.3, -0.25) is 4.79 Å². The molecule has 9 heteroatoms. The van der Waals surface area contributed by atoms with Crippen LogP contribution in [0.4, 0.5) is 0 Å². The second-order valence-corrected chi connectivity index (χ2v) is 9.09. The van der Waals surface area contributed by atoms with Crippen molar-refractivity contribution >= 4 is 33.7 Å². The third-order valence-electron chi connectivity index (χ3n) is 4.52. The average molecular weight is 472 g/mol. The van der Waals surface area contributed by atoms with E-state index in [9.17, 15) is 13.2 Å². The maximum atomic E-state index is 13.3. The molecular formula is C23H22ClN3O4S. The Morgan fingerprint density at radius 1 is 1.03 bits per heavy atom. The first kappa shape index (κ1) is 23.5. The lowest BCUT2D eigenvalue weighted by molar-refractivity contribution is -0.121. The number of hydrazone groups is 1. The van der Waals surface area contributed by atoms with Crippen molar-refractivity contribution in [2.24, 2.45) is 5.10 Å². The average Bonchev–Trinajstić information content (AvgIpc) is 2.80. The van der Waals surface area contributed by atoms with E-state index in [4.69, 9.17) is 16.3 Å². The summed E-state index contributed by atoms with van der Waals surface area (Å²) in [5, 5.41) is 4.38. The van der Waals surface area contributed by atoms with E-state index in [2.05, 4.69) is 10.5 Å². The van der Waals surface area contributed by atoms with Crippen molar-refractivity contribution in [2.45, 2.75) is 11.4 Å². The second-order valence-electron chi connectivity index (χ2n) is 6.75. The highest BCUT2D eigenvalue weighted by atomic mass is 35.5. The second kappa shape index (κ2) is 10.9. The number of rotatable bonds is 9. The van der Waals surface area contributed by atoms with Gasteiger partial charge in [0.25, 0.3) is 5.91 Å². The molecule has 0 fully saturated rings. The Morgan fingerprint density at radius 3 is 2.34 bits per heavy atom. The number of carbonyl (C=O) groups excluding carboxylic acids is 1. The SMILES string of the molecule is COc1ccc(S(=O)(=O)N(CC(=O)N/N=C\c2ccccc2Cl)Cc2ccccc2)cc1. The summed E-state index contributed by atoms with van der Waals surface area (Å²) in [5.41, 5.74) is 3.74. The highest BCUT2D eigenvalue weighted by molar-refractivity contribution is 7.89. The zero-order valence-electron chi connectivity index (χ0n) is 17.3. The van der Waals surface area contributed by atoms with Gasteiger partial charge in [-0.05, 0) is 35.9 Å². The molecule has 0 unspecified atom stereocenters. The van der Waals surface area contributed by atoms with Crippen LogP contribution in [0.1, 0.15) is 11.1 Å². The van der Waals surface area contributed by atoms with Crippen molar-refractivity contribution in [1.29, 1.82) is 0 Å². The standard InChI is InChI=1S/C23H22ClN3O4S/c1-31-20-11-13-21(14-12-20)32(29,30)27(16-18-7-3-2-4-8-18)17-23(28)26-25-15-19-9-5-6-10-22(19)24/h2-15H,16-17H2,1H3,(H,26,28)/b25-15-. The molecule has 1 amide bonds. The number of amides is 1. The fourth-order valence-corrected chi connectivity index (χ4v) is 4.43. The van der Waals surface area contributed by atoms with Crippen LogP contribution in [0.5, 0.6) is 5.75 Å². The number of hydrogen-bond donors (Lipinski definition) is 1. The van der Waals surface area contributed by atoms with Gasteiger partial charge in [0.2, 0.25) is 10.0 Å². The van der Waals surface area contributed by atoms with Crippen LogP contribution in [0, 0.1) is 0 Å². The number of halogens is 1. The Bertz CT molecular complexity index is 1180. The van der Waals surface area contributed by atoms with Gasteiger partial charge in [0.15, 0.2) is 0 Å². The smallest absolute Gasteiger partial charge is 0.255 e. The Hall–Kier alpha value is -3.20. The zero-order valence-corrected chi connectivity index (χ0v) is 18.9. The molecule has 0 aliphatic rings. The lowest BCUT2D eigenvalue weighted by Crippen LogP contribution is -2.39. The van der Waals surface area contributed by atoms with Crippen molar-refractivity contribution in [3.05, 3.63) is 95.0 Å². The minimum absolute atomic E-state index is 0.0247. The van der Waals surface area contributed by atoms with E-state index in [1.165, 1.54) is 25.5 Å². The molecule has 3 aromatic carbocycles. The van der Waals surface area contributed by atoms with Gasteiger partial charge >= 0.3 is 0 Å². The van der Waals surface area contributed by atoms with Crippen LogP contribution >= 0.6 is 11.6 Å². The number of hydrogen-bond acceptors (Lipinski definition) is 5. The molecule has 0 radical (unpaired) electrons. The molecule has 0 aliphatic heterocycles. The lowest BCUT2D eigenvalue weighted by Gasteiger charge is -2.21. The van der Waals surface area contributed by atoms with Gasteiger partial charge in [-0.15, -0.1) is 0 Å². The Balaban J connectivity index is 1.79. The van der Waals surface area contributed by atoms with E-state index in [0.29, 0.717) is 16.3 Å². The maximum absolute atomic E-state index is 13.3. The predicted octanol–water partition coefficient (Wildman–Crippen LogP) is 3.69. The number of sulfonamides is 1. The molecular weight excluding hydrogens is 450 g/mol. The zero-order chi connectivity index (χ0) is 23.0.